The van der Waals surface area contributed by atoms with Gasteiger partial charge in [0.2, 0.25) is 0 Å². The zero-order chi connectivity index (χ0) is 12.6. The minimum atomic E-state index is 0.454. The summed E-state index contributed by atoms with van der Waals surface area (Å²) in [5.74, 6) is 0. The number of nitrogens with zero attached hydrogens (tertiary/aromatic N) is 2. The van der Waals surface area contributed by atoms with Gasteiger partial charge >= 0.3 is 0 Å². The molecule has 0 radical (unpaired) electrons. The van der Waals surface area contributed by atoms with E-state index in [1.807, 2.05) is 0 Å². The van der Waals surface area contributed by atoms with E-state index in [-0.39, 0.29) is 0 Å². The summed E-state index contributed by atoms with van der Waals surface area (Å²) in [4.78, 5) is 2.52. The molecule has 1 saturated heterocycles. The number of aryl methyl sites for hydroxylation is 1. The molecule has 1 unspecified atom stereocenters. The predicted molar refractivity (Wildman–Crippen MR) is 74.2 cm³/mol. The highest BCUT2D eigenvalue weighted by atomic mass is 15.2. The monoisotopic (exact) mass is 242 g/mol. The van der Waals surface area contributed by atoms with Crippen LogP contribution in [0.15, 0.2) is 30.3 Å². The summed E-state index contributed by atoms with van der Waals surface area (Å²) in [6.45, 7) is 2.36. The Bertz CT molecular complexity index is 374. The minimum absolute atomic E-state index is 0.454. The average molecular weight is 242 g/mol. The van der Waals surface area contributed by atoms with Gasteiger partial charge in [0.15, 0.2) is 0 Å². The van der Waals surface area contributed by atoms with E-state index in [0.717, 1.165) is 12.8 Å². The van der Waals surface area contributed by atoms with E-state index in [0.29, 0.717) is 12.5 Å². The molecule has 1 heterocycles. The van der Waals surface area contributed by atoms with Gasteiger partial charge in [-0.3, -0.25) is 4.90 Å². The lowest BCUT2D eigenvalue weighted by Crippen LogP contribution is -2.39. The molecule has 1 aliphatic rings. The Hall–Kier alpha value is -1.33. The van der Waals surface area contributed by atoms with Crippen LogP contribution < -0.4 is 0 Å². The Morgan fingerprint density at radius 1 is 1.11 bits per heavy atom. The first-order chi connectivity index (χ1) is 8.90. The molecule has 0 N–H and O–H groups in total. The van der Waals surface area contributed by atoms with Gasteiger partial charge in [-0.05, 0) is 44.3 Å². The zero-order valence-corrected chi connectivity index (χ0v) is 11.0. The molecule has 2 nitrogen and oxygen atoms in total. The second-order valence-corrected chi connectivity index (χ2v) is 5.14. The summed E-state index contributed by atoms with van der Waals surface area (Å²) < 4.78 is 0. The third-order valence-electron chi connectivity index (χ3n) is 3.84. The van der Waals surface area contributed by atoms with Crippen LogP contribution in [0.25, 0.3) is 0 Å². The molecule has 1 atom stereocenters. The van der Waals surface area contributed by atoms with Crippen molar-refractivity contribution in [3.05, 3.63) is 35.9 Å². The van der Waals surface area contributed by atoms with E-state index in [9.17, 15) is 0 Å². The van der Waals surface area contributed by atoms with Crippen LogP contribution in [-0.4, -0.2) is 24.0 Å². The number of likely N-dealkylation sites (tertiary alicyclic amines) is 1. The van der Waals surface area contributed by atoms with Crippen LogP contribution in [0.2, 0.25) is 0 Å². The summed E-state index contributed by atoms with van der Waals surface area (Å²) >= 11 is 0. The second kappa shape index (κ2) is 7.18. The van der Waals surface area contributed by atoms with Gasteiger partial charge in [-0.2, -0.15) is 5.26 Å². The first-order valence-corrected chi connectivity index (χ1v) is 7.05. The molecule has 1 fully saturated rings. The minimum Gasteiger partial charge on any atom is -0.299 e. The maximum atomic E-state index is 8.99. The molecule has 0 aromatic heterocycles. The van der Waals surface area contributed by atoms with E-state index in [1.54, 1.807) is 0 Å². The molecule has 1 aromatic rings. The quantitative estimate of drug-likeness (QED) is 0.791. The number of rotatable bonds is 5. The summed E-state index contributed by atoms with van der Waals surface area (Å²) in [7, 11) is 0. The zero-order valence-electron chi connectivity index (χ0n) is 11.0. The van der Waals surface area contributed by atoms with Gasteiger partial charge in [-0.1, -0.05) is 36.8 Å². The van der Waals surface area contributed by atoms with Gasteiger partial charge < -0.3 is 0 Å². The maximum absolute atomic E-state index is 8.99. The lowest BCUT2D eigenvalue weighted by atomic mass is 9.99. The van der Waals surface area contributed by atoms with Crippen molar-refractivity contribution in [2.24, 2.45) is 0 Å². The summed E-state index contributed by atoms with van der Waals surface area (Å²) in [6.07, 6.45) is 6.82. The molecule has 2 rings (SSSR count). The van der Waals surface area contributed by atoms with Gasteiger partial charge in [0.25, 0.3) is 0 Å². The van der Waals surface area contributed by atoms with Crippen molar-refractivity contribution in [1.29, 1.82) is 5.26 Å². The van der Waals surface area contributed by atoms with E-state index in [4.69, 9.17) is 5.26 Å². The fourth-order valence-corrected chi connectivity index (χ4v) is 2.78. The van der Waals surface area contributed by atoms with Crippen molar-refractivity contribution in [2.75, 3.05) is 13.1 Å². The average Bonchev–Trinajstić information content (AvgIpc) is 2.45. The normalized spacial score (nSPS) is 18.2. The van der Waals surface area contributed by atoms with Gasteiger partial charge in [-0.15, -0.1) is 0 Å². The van der Waals surface area contributed by atoms with E-state index < -0.39 is 0 Å². The van der Waals surface area contributed by atoms with E-state index >= 15 is 0 Å². The highest BCUT2D eigenvalue weighted by molar-refractivity contribution is 5.14. The molecular weight excluding hydrogens is 220 g/mol. The van der Waals surface area contributed by atoms with Gasteiger partial charge in [-0.25, -0.2) is 0 Å². The number of piperidine rings is 1. The van der Waals surface area contributed by atoms with Crippen LogP contribution in [0.3, 0.4) is 0 Å². The van der Waals surface area contributed by atoms with Crippen molar-refractivity contribution in [2.45, 2.75) is 44.6 Å². The van der Waals surface area contributed by atoms with Gasteiger partial charge in [0.1, 0.15) is 0 Å². The predicted octanol–water partition coefficient (Wildman–Crippen LogP) is 3.39. The standard InChI is InChI=1S/C16H22N2/c17-12-11-16(18-13-5-2-6-14-18)10-9-15-7-3-1-4-8-15/h1,3-4,7-8,16H,2,5-6,9-11,13-14H2. The summed E-state index contributed by atoms with van der Waals surface area (Å²) in [5.41, 5.74) is 1.39. The van der Waals surface area contributed by atoms with E-state index in [2.05, 4.69) is 41.3 Å². The maximum Gasteiger partial charge on any atom is 0.0638 e. The summed E-state index contributed by atoms with van der Waals surface area (Å²) in [6, 6.07) is 13.4. The van der Waals surface area contributed by atoms with Crippen LogP contribution in [-0.2, 0) is 6.42 Å². The Kier molecular flexibility index (Phi) is 5.23. The van der Waals surface area contributed by atoms with Crippen molar-refractivity contribution in [3.63, 3.8) is 0 Å². The molecule has 0 spiro atoms. The SMILES string of the molecule is N#CCC(CCc1ccccc1)N1CCCCC1. The van der Waals surface area contributed by atoms with Crippen LogP contribution in [0, 0.1) is 11.3 Å². The Morgan fingerprint density at radius 2 is 1.83 bits per heavy atom. The molecule has 0 amide bonds. The van der Waals surface area contributed by atoms with Crippen LogP contribution in [0.5, 0.6) is 0 Å². The summed E-state index contributed by atoms with van der Waals surface area (Å²) in [5, 5.41) is 8.99. The molecule has 1 aromatic carbocycles. The molecule has 1 aliphatic heterocycles. The number of hydrogen-bond donors (Lipinski definition) is 0. The number of benzene rings is 1. The van der Waals surface area contributed by atoms with Gasteiger partial charge in [0, 0.05) is 6.04 Å². The largest absolute Gasteiger partial charge is 0.299 e. The molecular formula is C16H22N2. The molecule has 96 valence electrons. The fraction of sp³-hybridized carbons (Fsp3) is 0.562. The molecule has 0 saturated carbocycles. The van der Waals surface area contributed by atoms with Crippen molar-refractivity contribution >= 4 is 0 Å². The first kappa shape index (κ1) is 13.1. The first-order valence-electron chi connectivity index (χ1n) is 7.05. The third-order valence-corrected chi connectivity index (χ3v) is 3.84. The van der Waals surface area contributed by atoms with Gasteiger partial charge in [0.05, 0.1) is 12.5 Å². The lowest BCUT2D eigenvalue weighted by Gasteiger charge is -2.33. The molecule has 0 bridgehead atoms. The molecule has 18 heavy (non-hydrogen) atoms. The smallest absolute Gasteiger partial charge is 0.0638 e. The third kappa shape index (κ3) is 3.85. The number of nitriles is 1. The van der Waals surface area contributed by atoms with Crippen LogP contribution in [0.4, 0.5) is 0 Å². The molecule has 0 aliphatic carbocycles. The van der Waals surface area contributed by atoms with Crippen molar-refractivity contribution < 1.29 is 0 Å². The topological polar surface area (TPSA) is 27.0 Å². The van der Waals surface area contributed by atoms with Crippen LogP contribution in [0.1, 0.15) is 37.7 Å². The molecule has 2 heteroatoms. The Morgan fingerprint density at radius 3 is 2.50 bits per heavy atom. The Balaban J connectivity index is 1.88. The highest BCUT2D eigenvalue weighted by Crippen LogP contribution is 2.18. The fourth-order valence-electron chi connectivity index (χ4n) is 2.78. The van der Waals surface area contributed by atoms with Crippen LogP contribution >= 0.6 is 0 Å². The number of hydrogen-bond acceptors (Lipinski definition) is 2. The highest BCUT2D eigenvalue weighted by Gasteiger charge is 2.19. The van der Waals surface area contributed by atoms with Crippen molar-refractivity contribution in [3.8, 4) is 6.07 Å². The lowest BCUT2D eigenvalue weighted by molar-refractivity contribution is 0.157. The van der Waals surface area contributed by atoms with E-state index in [1.165, 1.54) is 37.9 Å². The Labute approximate surface area is 110 Å². The second-order valence-electron chi connectivity index (χ2n) is 5.14. The van der Waals surface area contributed by atoms with Crippen molar-refractivity contribution in [1.82, 2.24) is 4.90 Å².